The number of carbonyl (C=O) groups is 3. The molecule has 2 aromatic carbocycles. The van der Waals surface area contributed by atoms with Crippen LogP contribution < -0.4 is 9.64 Å². The molecule has 1 atom stereocenters. The fraction of sp³-hybridized carbons (Fsp3) is 0.318. The molecule has 3 amide bonds. The number of hydrogen-bond donors (Lipinski definition) is 0. The van der Waals surface area contributed by atoms with Crippen molar-refractivity contribution in [3.63, 3.8) is 0 Å². The molecule has 0 bridgehead atoms. The normalized spacial score (nSPS) is 19.0. The Hall–Kier alpha value is -3.15. The minimum absolute atomic E-state index is 0.00610. The second-order valence-electron chi connectivity index (χ2n) is 7.26. The average Bonchev–Trinajstić information content (AvgIpc) is 3.48. The summed E-state index contributed by atoms with van der Waals surface area (Å²) in [5, 5.41) is 0. The number of amides is 3. The Morgan fingerprint density at radius 3 is 2.39 bits per heavy atom. The lowest BCUT2D eigenvalue weighted by Gasteiger charge is -2.27. The van der Waals surface area contributed by atoms with E-state index in [2.05, 4.69) is 0 Å². The van der Waals surface area contributed by atoms with Crippen LogP contribution in [0, 0.1) is 6.92 Å². The summed E-state index contributed by atoms with van der Waals surface area (Å²) in [6.45, 7) is 1.80. The monoisotopic (exact) mass is 378 g/mol. The van der Waals surface area contributed by atoms with Crippen LogP contribution in [0.1, 0.15) is 24.8 Å². The summed E-state index contributed by atoms with van der Waals surface area (Å²) in [5.41, 5.74) is 1.60. The lowest BCUT2D eigenvalue weighted by atomic mass is 10.2. The van der Waals surface area contributed by atoms with E-state index in [0.717, 1.165) is 18.4 Å². The van der Waals surface area contributed by atoms with Crippen LogP contribution in [0.2, 0.25) is 0 Å². The Morgan fingerprint density at radius 1 is 1.07 bits per heavy atom. The summed E-state index contributed by atoms with van der Waals surface area (Å²) >= 11 is 0. The molecule has 1 saturated carbocycles. The predicted molar refractivity (Wildman–Crippen MR) is 104 cm³/mol. The number of rotatable bonds is 6. The summed E-state index contributed by atoms with van der Waals surface area (Å²) in [6.07, 6.45) is 1.71. The van der Waals surface area contributed by atoms with Crippen molar-refractivity contribution < 1.29 is 19.1 Å². The minimum atomic E-state index is -0.756. The van der Waals surface area contributed by atoms with Crippen molar-refractivity contribution in [3.05, 3.63) is 60.2 Å². The maximum atomic E-state index is 13.0. The van der Waals surface area contributed by atoms with Gasteiger partial charge in [-0.05, 0) is 44.0 Å². The predicted octanol–water partition coefficient (Wildman–Crippen LogP) is 2.70. The number of carbonyl (C=O) groups excluding carboxylic acids is 3. The average molecular weight is 378 g/mol. The maximum Gasteiger partial charge on any atom is 0.261 e. The maximum absolute atomic E-state index is 13.0. The molecule has 4 rings (SSSR count). The molecule has 6 nitrogen and oxygen atoms in total. The molecule has 2 fully saturated rings. The van der Waals surface area contributed by atoms with Gasteiger partial charge in [-0.3, -0.25) is 14.4 Å². The van der Waals surface area contributed by atoms with Crippen LogP contribution in [0.25, 0.3) is 0 Å². The van der Waals surface area contributed by atoms with Crippen molar-refractivity contribution >= 4 is 23.4 Å². The fourth-order valence-corrected chi connectivity index (χ4v) is 3.52. The number of imide groups is 1. The van der Waals surface area contributed by atoms with Gasteiger partial charge in [-0.25, -0.2) is 4.90 Å². The van der Waals surface area contributed by atoms with Crippen LogP contribution >= 0.6 is 0 Å². The number of ether oxygens (including phenoxy) is 1. The van der Waals surface area contributed by atoms with E-state index in [0.29, 0.717) is 11.4 Å². The first kappa shape index (κ1) is 18.2. The summed E-state index contributed by atoms with van der Waals surface area (Å²) in [7, 11) is 0. The first-order valence-electron chi connectivity index (χ1n) is 9.47. The fourth-order valence-electron chi connectivity index (χ4n) is 3.52. The van der Waals surface area contributed by atoms with Crippen molar-refractivity contribution in [1.29, 1.82) is 0 Å². The smallest absolute Gasteiger partial charge is 0.261 e. The zero-order valence-corrected chi connectivity index (χ0v) is 15.7. The first-order chi connectivity index (χ1) is 13.5. The molecule has 2 aromatic rings. The van der Waals surface area contributed by atoms with E-state index in [4.69, 9.17) is 4.74 Å². The highest BCUT2D eigenvalue weighted by molar-refractivity contribution is 6.23. The second kappa shape index (κ2) is 7.46. The van der Waals surface area contributed by atoms with Crippen LogP contribution in [0.5, 0.6) is 5.75 Å². The molecule has 1 aliphatic carbocycles. The highest BCUT2D eigenvalue weighted by atomic mass is 16.5. The van der Waals surface area contributed by atoms with Gasteiger partial charge in [-0.2, -0.15) is 0 Å². The van der Waals surface area contributed by atoms with E-state index in [1.54, 1.807) is 29.2 Å². The molecule has 1 unspecified atom stereocenters. The quantitative estimate of drug-likeness (QED) is 0.725. The first-order valence-corrected chi connectivity index (χ1v) is 9.47. The number of nitrogens with zero attached hydrogens (tertiary/aromatic N) is 2. The van der Waals surface area contributed by atoms with Gasteiger partial charge in [0.1, 0.15) is 11.8 Å². The van der Waals surface area contributed by atoms with Gasteiger partial charge in [-0.15, -0.1) is 0 Å². The van der Waals surface area contributed by atoms with Crippen LogP contribution in [-0.2, 0) is 14.4 Å². The topological polar surface area (TPSA) is 66.9 Å². The van der Waals surface area contributed by atoms with Crippen LogP contribution in [0.3, 0.4) is 0 Å². The number of benzene rings is 2. The summed E-state index contributed by atoms with van der Waals surface area (Å²) in [4.78, 5) is 41.2. The molecule has 1 heterocycles. The summed E-state index contributed by atoms with van der Waals surface area (Å²) in [5.74, 6) is -0.278. The molecule has 0 aromatic heterocycles. The Morgan fingerprint density at radius 2 is 1.75 bits per heavy atom. The van der Waals surface area contributed by atoms with Gasteiger partial charge in [0.25, 0.3) is 11.8 Å². The SMILES string of the molecule is Cc1ccc(N2C(=O)CC(N(C(=O)COc3ccccc3)C3CC3)C2=O)cc1. The van der Waals surface area contributed by atoms with Gasteiger partial charge in [0.05, 0.1) is 12.1 Å². The minimum Gasteiger partial charge on any atom is -0.484 e. The van der Waals surface area contributed by atoms with Gasteiger partial charge in [-0.1, -0.05) is 35.9 Å². The molecule has 2 aliphatic rings. The molecule has 0 spiro atoms. The van der Waals surface area contributed by atoms with E-state index in [1.165, 1.54) is 4.90 Å². The third kappa shape index (κ3) is 3.63. The van der Waals surface area contributed by atoms with Crippen LogP contribution in [0.15, 0.2) is 54.6 Å². The molecular weight excluding hydrogens is 356 g/mol. The molecule has 1 aliphatic heterocycles. The van der Waals surface area contributed by atoms with E-state index < -0.39 is 6.04 Å². The van der Waals surface area contributed by atoms with Gasteiger partial charge in [0.2, 0.25) is 5.91 Å². The van der Waals surface area contributed by atoms with Gasteiger partial charge < -0.3 is 9.64 Å². The number of anilines is 1. The van der Waals surface area contributed by atoms with E-state index in [1.807, 2.05) is 37.3 Å². The Labute approximate surface area is 163 Å². The molecule has 1 saturated heterocycles. The summed E-state index contributed by atoms with van der Waals surface area (Å²) < 4.78 is 5.57. The third-order valence-electron chi connectivity index (χ3n) is 5.08. The molecule has 28 heavy (non-hydrogen) atoms. The number of para-hydroxylation sites is 1. The van der Waals surface area contributed by atoms with Crippen molar-refractivity contribution in [3.8, 4) is 5.75 Å². The summed E-state index contributed by atoms with van der Waals surface area (Å²) in [6, 6.07) is 15.6. The molecule has 0 N–H and O–H groups in total. The van der Waals surface area contributed by atoms with Crippen LogP contribution in [0.4, 0.5) is 5.69 Å². The molecule has 0 radical (unpaired) electrons. The standard InChI is InChI=1S/C22H22N2O4/c1-15-7-9-17(10-8-15)24-20(25)13-19(22(24)27)23(16-11-12-16)21(26)14-28-18-5-3-2-4-6-18/h2-10,16,19H,11-14H2,1H3. The highest BCUT2D eigenvalue weighted by Crippen LogP contribution is 2.34. The number of hydrogen-bond acceptors (Lipinski definition) is 4. The Kier molecular flexibility index (Phi) is 4.86. The lowest BCUT2D eigenvalue weighted by molar-refractivity contribution is -0.140. The van der Waals surface area contributed by atoms with Crippen LogP contribution in [-0.4, -0.2) is 41.3 Å². The largest absolute Gasteiger partial charge is 0.484 e. The highest BCUT2D eigenvalue weighted by Gasteiger charge is 2.48. The Bertz CT molecular complexity index is 891. The van der Waals surface area contributed by atoms with Crippen molar-refractivity contribution in [2.45, 2.75) is 38.3 Å². The molecular formula is C22H22N2O4. The Balaban J connectivity index is 1.50. The second-order valence-corrected chi connectivity index (χ2v) is 7.26. The molecule has 6 heteroatoms. The van der Waals surface area contributed by atoms with E-state index in [9.17, 15) is 14.4 Å². The van der Waals surface area contributed by atoms with Crippen molar-refractivity contribution in [2.75, 3.05) is 11.5 Å². The van der Waals surface area contributed by atoms with E-state index >= 15 is 0 Å². The van der Waals surface area contributed by atoms with Gasteiger partial charge in [0.15, 0.2) is 6.61 Å². The van der Waals surface area contributed by atoms with E-state index in [-0.39, 0.29) is 36.8 Å². The van der Waals surface area contributed by atoms with Gasteiger partial charge in [0, 0.05) is 6.04 Å². The van der Waals surface area contributed by atoms with Crippen molar-refractivity contribution in [1.82, 2.24) is 4.90 Å². The van der Waals surface area contributed by atoms with Crippen molar-refractivity contribution in [2.24, 2.45) is 0 Å². The number of aryl methyl sites for hydroxylation is 1. The molecule has 144 valence electrons. The zero-order valence-electron chi connectivity index (χ0n) is 15.7. The van der Waals surface area contributed by atoms with Gasteiger partial charge >= 0.3 is 0 Å². The zero-order chi connectivity index (χ0) is 19.7. The third-order valence-corrected chi connectivity index (χ3v) is 5.08. The lowest BCUT2D eigenvalue weighted by Crippen LogP contribution is -2.48.